The third-order valence-corrected chi connectivity index (χ3v) is 10.7. The molecule has 2 heteroatoms. The largest absolute Gasteiger partial charge is 0.435 e. The number of aromatic nitrogens is 1. The van der Waals surface area contributed by atoms with E-state index in [2.05, 4.69) is 176 Å². The molecule has 2 nitrogen and oxygen atoms in total. The molecular formula is C52H35NO. The average molecular weight is 690 g/mol. The van der Waals surface area contributed by atoms with E-state index in [9.17, 15) is 0 Å². The highest BCUT2D eigenvalue weighted by atomic mass is 16.3. The SMILES string of the molecule is C=C1C(c2cccc(-c3c(-c4cccc5nc(-c6ccccc6-c6ccccc6)oc45)ccc4ccccc34)c2)=c2ccccc2=CC1c1ccccc1. The lowest BCUT2D eigenvalue weighted by Gasteiger charge is -2.24. The molecule has 0 spiro atoms. The molecule has 0 fully saturated rings. The maximum absolute atomic E-state index is 6.80. The Kier molecular flexibility index (Phi) is 7.74. The van der Waals surface area contributed by atoms with Gasteiger partial charge in [0.25, 0.3) is 0 Å². The summed E-state index contributed by atoms with van der Waals surface area (Å²) in [4.78, 5) is 5.07. The van der Waals surface area contributed by atoms with Gasteiger partial charge in [-0.25, -0.2) is 4.98 Å². The van der Waals surface area contributed by atoms with Gasteiger partial charge in [0.1, 0.15) is 5.52 Å². The minimum atomic E-state index is 0.0816. The van der Waals surface area contributed by atoms with Gasteiger partial charge >= 0.3 is 0 Å². The molecule has 0 saturated carbocycles. The van der Waals surface area contributed by atoms with E-state index in [4.69, 9.17) is 16.0 Å². The Hall–Kier alpha value is -7.03. The zero-order valence-electron chi connectivity index (χ0n) is 29.6. The van der Waals surface area contributed by atoms with Crippen LogP contribution in [0.15, 0.2) is 205 Å². The monoisotopic (exact) mass is 689 g/mol. The normalized spacial score (nSPS) is 13.9. The van der Waals surface area contributed by atoms with Gasteiger partial charge in [-0.2, -0.15) is 0 Å². The number of nitrogens with zero attached hydrogens (tertiary/aromatic N) is 1. The van der Waals surface area contributed by atoms with E-state index >= 15 is 0 Å². The summed E-state index contributed by atoms with van der Waals surface area (Å²) >= 11 is 0. The highest BCUT2D eigenvalue weighted by Crippen LogP contribution is 2.44. The van der Waals surface area contributed by atoms with Crippen LogP contribution in [0.3, 0.4) is 0 Å². The van der Waals surface area contributed by atoms with Crippen molar-refractivity contribution in [3.8, 4) is 44.8 Å². The molecule has 8 aromatic carbocycles. The molecule has 9 aromatic rings. The molecule has 54 heavy (non-hydrogen) atoms. The zero-order valence-corrected chi connectivity index (χ0v) is 29.6. The Morgan fingerprint density at radius 3 is 2.04 bits per heavy atom. The predicted octanol–water partition coefficient (Wildman–Crippen LogP) is 12.0. The molecule has 1 aromatic heterocycles. The molecule has 0 saturated heterocycles. The highest BCUT2D eigenvalue weighted by molar-refractivity contribution is 6.08. The molecule has 0 bridgehead atoms. The van der Waals surface area contributed by atoms with E-state index in [1.165, 1.54) is 32.3 Å². The number of hydrogen-bond donors (Lipinski definition) is 0. The lowest BCUT2D eigenvalue weighted by molar-refractivity contribution is 0.621. The van der Waals surface area contributed by atoms with Crippen molar-refractivity contribution in [1.29, 1.82) is 0 Å². The Balaban J connectivity index is 1.16. The molecule has 0 N–H and O–H groups in total. The van der Waals surface area contributed by atoms with E-state index in [0.29, 0.717) is 5.89 Å². The summed E-state index contributed by atoms with van der Waals surface area (Å²) < 4.78 is 6.80. The van der Waals surface area contributed by atoms with Crippen LogP contribution in [-0.4, -0.2) is 4.98 Å². The molecule has 0 amide bonds. The van der Waals surface area contributed by atoms with Gasteiger partial charge in [0, 0.05) is 17.0 Å². The highest BCUT2D eigenvalue weighted by Gasteiger charge is 2.23. The summed E-state index contributed by atoms with van der Waals surface area (Å²) in [6, 6.07) is 66.5. The molecule has 254 valence electrons. The molecule has 10 rings (SSSR count). The van der Waals surface area contributed by atoms with Crippen molar-refractivity contribution in [2.24, 2.45) is 0 Å². The van der Waals surface area contributed by atoms with Crippen molar-refractivity contribution in [2.75, 3.05) is 0 Å². The van der Waals surface area contributed by atoms with Gasteiger partial charge in [-0.1, -0.05) is 183 Å². The number of allylic oxidation sites excluding steroid dienone is 1. The molecule has 1 unspecified atom stereocenters. The molecule has 1 heterocycles. The van der Waals surface area contributed by atoms with Crippen LogP contribution in [0.2, 0.25) is 0 Å². The second-order valence-electron chi connectivity index (χ2n) is 13.9. The predicted molar refractivity (Wildman–Crippen MR) is 224 cm³/mol. The van der Waals surface area contributed by atoms with Crippen LogP contribution in [0.1, 0.15) is 17.0 Å². The summed E-state index contributed by atoms with van der Waals surface area (Å²) in [5, 5.41) is 4.80. The maximum atomic E-state index is 6.80. The minimum absolute atomic E-state index is 0.0816. The first-order valence-electron chi connectivity index (χ1n) is 18.4. The van der Waals surface area contributed by atoms with Crippen molar-refractivity contribution in [1.82, 2.24) is 4.98 Å². The summed E-state index contributed by atoms with van der Waals surface area (Å²) in [6.45, 7) is 4.75. The van der Waals surface area contributed by atoms with Crippen LogP contribution in [0.5, 0.6) is 0 Å². The quantitative estimate of drug-likeness (QED) is 0.174. The van der Waals surface area contributed by atoms with E-state index in [0.717, 1.165) is 61.2 Å². The lowest BCUT2D eigenvalue weighted by atomic mass is 9.79. The van der Waals surface area contributed by atoms with Gasteiger partial charge in [0.05, 0.1) is 0 Å². The van der Waals surface area contributed by atoms with Gasteiger partial charge in [-0.15, -0.1) is 0 Å². The summed E-state index contributed by atoms with van der Waals surface area (Å²) in [6.07, 6.45) is 2.35. The van der Waals surface area contributed by atoms with Crippen molar-refractivity contribution < 1.29 is 4.42 Å². The second kappa shape index (κ2) is 13.2. The number of benzene rings is 8. The fourth-order valence-electron chi connectivity index (χ4n) is 8.23. The van der Waals surface area contributed by atoms with Gasteiger partial charge in [0.15, 0.2) is 5.58 Å². The van der Waals surface area contributed by atoms with Crippen LogP contribution in [-0.2, 0) is 0 Å². The Morgan fingerprint density at radius 2 is 1.17 bits per heavy atom. The van der Waals surface area contributed by atoms with Crippen molar-refractivity contribution >= 4 is 33.5 Å². The van der Waals surface area contributed by atoms with Gasteiger partial charge < -0.3 is 4.42 Å². The fourth-order valence-corrected chi connectivity index (χ4v) is 8.23. The molecule has 0 aliphatic heterocycles. The number of oxazole rings is 1. The van der Waals surface area contributed by atoms with Crippen molar-refractivity contribution in [3.63, 3.8) is 0 Å². The standard InChI is InChI=1S/C52H35NO/c1-34-47(36-18-6-3-7-19-36)33-38-21-9-11-26-43(38)49(34)39-22-14-23-40(32-39)50-42-25-10-8-20-37(42)30-31-44(50)45-28-15-29-48-51(45)54-52(53-48)46-27-13-12-24-41(46)35-16-4-2-5-17-35/h2-33,47H,1H2. The van der Waals surface area contributed by atoms with Crippen LogP contribution < -0.4 is 10.4 Å². The van der Waals surface area contributed by atoms with E-state index in [1.54, 1.807) is 0 Å². The first kappa shape index (κ1) is 31.7. The third kappa shape index (κ3) is 5.39. The number of hydrogen-bond acceptors (Lipinski definition) is 2. The summed E-state index contributed by atoms with van der Waals surface area (Å²) in [5.41, 5.74) is 13.9. The smallest absolute Gasteiger partial charge is 0.227 e. The third-order valence-electron chi connectivity index (χ3n) is 10.7. The van der Waals surface area contributed by atoms with E-state index in [-0.39, 0.29) is 5.92 Å². The summed E-state index contributed by atoms with van der Waals surface area (Å²) in [7, 11) is 0. The number of para-hydroxylation sites is 1. The molecule has 0 radical (unpaired) electrons. The first-order chi connectivity index (χ1) is 26.7. The van der Waals surface area contributed by atoms with Crippen LogP contribution in [0.25, 0.3) is 78.4 Å². The maximum Gasteiger partial charge on any atom is 0.227 e. The van der Waals surface area contributed by atoms with Crippen molar-refractivity contribution in [2.45, 2.75) is 5.92 Å². The van der Waals surface area contributed by atoms with Gasteiger partial charge in [-0.05, 0) is 89.5 Å². The van der Waals surface area contributed by atoms with Crippen LogP contribution in [0.4, 0.5) is 0 Å². The zero-order chi connectivity index (χ0) is 36.0. The fraction of sp³-hybridized carbons (Fsp3) is 0.0192. The Bertz CT molecular complexity index is 3010. The van der Waals surface area contributed by atoms with Crippen molar-refractivity contribution in [3.05, 3.63) is 222 Å². The molecule has 1 aliphatic rings. The molecule has 1 atom stereocenters. The second-order valence-corrected chi connectivity index (χ2v) is 13.9. The number of rotatable bonds is 6. The molecule has 1 aliphatic carbocycles. The van der Waals surface area contributed by atoms with Crippen LogP contribution in [0, 0.1) is 0 Å². The van der Waals surface area contributed by atoms with Gasteiger partial charge in [-0.3, -0.25) is 0 Å². The Labute approximate surface area is 314 Å². The van der Waals surface area contributed by atoms with Gasteiger partial charge in [0.2, 0.25) is 5.89 Å². The number of fused-ring (bicyclic) bond motifs is 3. The topological polar surface area (TPSA) is 26.0 Å². The minimum Gasteiger partial charge on any atom is -0.435 e. The van der Waals surface area contributed by atoms with Crippen LogP contribution >= 0.6 is 0 Å². The first-order valence-corrected chi connectivity index (χ1v) is 18.4. The lowest BCUT2D eigenvalue weighted by Crippen LogP contribution is -2.32. The van der Waals surface area contributed by atoms with E-state index < -0.39 is 0 Å². The average Bonchev–Trinajstić information content (AvgIpc) is 3.69. The van der Waals surface area contributed by atoms with E-state index in [1.807, 2.05) is 18.2 Å². The Morgan fingerprint density at radius 1 is 0.500 bits per heavy atom. The molecular weight excluding hydrogens is 655 g/mol. The summed E-state index contributed by atoms with van der Waals surface area (Å²) in [5.74, 6) is 0.690.